The second-order valence-corrected chi connectivity index (χ2v) is 4.27. The second-order valence-electron chi connectivity index (χ2n) is 3.83. The van der Waals surface area contributed by atoms with Gasteiger partial charge in [-0.2, -0.15) is 0 Å². The first-order valence-electron chi connectivity index (χ1n) is 5.62. The van der Waals surface area contributed by atoms with Gasteiger partial charge in [0.1, 0.15) is 0 Å². The van der Waals surface area contributed by atoms with Gasteiger partial charge in [-0.15, -0.1) is 0 Å². The molecule has 0 unspecified atom stereocenters. The van der Waals surface area contributed by atoms with Crippen molar-refractivity contribution in [2.24, 2.45) is 0 Å². The number of rotatable bonds is 3. The van der Waals surface area contributed by atoms with E-state index in [-0.39, 0.29) is 5.82 Å². The third-order valence-corrected chi connectivity index (χ3v) is 2.72. The highest BCUT2D eigenvalue weighted by molar-refractivity contribution is 6.30. The first kappa shape index (κ1) is 12.4. The molecule has 8 heteroatoms. The summed E-state index contributed by atoms with van der Waals surface area (Å²) in [6, 6.07) is 7.09. The molecule has 0 fully saturated rings. The Morgan fingerprint density at radius 2 is 1.90 bits per heavy atom. The number of hydrogen-bond acceptors (Lipinski definition) is 6. The summed E-state index contributed by atoms with van der Waals surface area (Å²) in [4.78, 5) is 21.7. The zero-order chi connectivity index (χ0) is 13.9. The van der Waals surface area contributed by atoms with Crippen molar-refractivity contribution in [2.75, 3.05) is 5.32 Å². The van der Waals surface area contributed by atoms with Crippen molar-refractivity contribution in [3.05, 3.63) is 52.2 Å². The summed E-state index contributed by atoms with van der Waals surface area (Å²) < 4.78 is 4.47. The molecule has 2 aromatic heterocycles. The summed E-state index contributed by atoms with van der Waals surface area (Å²) >= 11 is 5.83. The molecular weight excluding hydrogens is 282 g/mol. The van der Waals surface area contributed by atoms with Crippen LogP contribution < -0.4 is 11.1 Å². The predicted octanol–water partition coefficient (Wildman–Crippen LogP) is 2.22. The zero-order valence-electron chi connectivity index (χ0n) is 10.0. The second kappa shape index (κ2) is 5.14. The van der Waals surface area contributed by atoms with Crippen molar-refractivity contribution in [1.29, 1.82) is 0 Å². The molecule has 2 N–H and O–H groups in total. The Kier molecular flexibility index (Phi) is 3.18. The molecule has 0 spiro atoms. The van der Waals surface area contributed by atoms with Crippen LogP contribution in [0.1, 0.15) is 0 Å². The van der Waals surface area contributed by atoms with Crippen LogP contribution in [0.3, 0.4) is 0 Å². The van der Waals surface area contributed by atoms with Gasteiger partial charge in [-0.25, -0.2) is 14.8 Å². The summed E-state index contributed by atoms with van der Waals surface area (Å²) in [6.07, 6.45) is 3.02. The van der Waals surface area contributed by atoms with E-state index >= 15 is 0 Å². The molecule has 0 bridgehead atoms. The van der Waals surface area contributed by atoms with Crippen LogP contribution in [0.15, 0.2) is 46.0 Å². The lowest BCUT2D eigenvalue weighted by atomic mass is 10.3. The lowest BCUT2D eigenvalue weighted by Crippen LogP contribution is -2.00. The first-order chi connectivity index (χ1) is 9.72. The topological polar surface area (TPSA) is 96.7 Å². The maximum Gasteiger partial charge on any atom is 0.439 e. The largest absolute Gasteiger partial charge is 0.439 e. The highest BCUT2D eigenvalue weighted by atomic mass is 35.5. The van der Waals surface area contributed by atoms with Crippen LogP contribution in [0.4, 0.5) is 11.5 Å². The lowest BCUT2D eigenvalue weighted by molar-refractivity contribution is 0.387. The Balaban J connectivity index is 1.98. The van der Waals surface area contributed by atoms with Gasteiger partial charge in [0.25, 0.3) is 0 Å². The number of nitrogens with one attached hydrogen (secondary N) is 2. The van der Waals surface area contributed by atoms with E-state index in [2.05, 4.69) is 29.9 Å². The normalized spacial score (nSPS) is 10.4. The molecule has 0 amide bonds. The van der Waals surface area contributed by atoms with E-state index in [0.717, 1.165) is 5.69 Å². The van der Waals surface area contributed by atoms with Gasteiger partial charge in [0.05, 0.1) is 0 Å². The smallest absolute Gasteiger partial charge is 0.338 e. The number of nitrogens with zero attached hydrogens (tertiary/aromatic N) is 3. The summed E-state index contributed by atoms with van der Waals surface area (Å²) in [5.74, 6) is 0.00188. The van der Waals surface area contributed by atoms with Crippen molar-refractivity contribution in [2.45, 2.75) is 0 Å². The Hall–Kier alpha value is -2.67. The van der Waals surface area contributed by atoms with Gasteiger partial charge in [0, 0.05) is 23.1 Å². The number of halogens is 1. The molecule has 0 saturated heterocycles. The molecule has 3 aromatic rings. The zero-order valence-corrected chi connectivity index (χ0v) is 10.8. The molecule has 7 nitrogen and oxygen atoms in total. The summed E-state index contributed by atoms with van der Waals surface area (Å²) in [5, 5.41) is 7.30. The molecule has 0 radical (unpaired) electrons. The fraction of sp³-hybridized carbons (Fsp3) is 0. The molecule has 100 valence electrons. The van der Waals surface area contributed by atoms with Gasteiger partial charge in [0.2, 0.25) is 5.82 Å². The predicted molar refractivity (Wildman–Crippen MR) is 72.9 cm³/mol. The van der Waals surface area contributed by atoms with Gasteiger partial charge in [-0.1, -0.05) is 16.8 Å². The monoisotopic (exact) mass is 289 g/mol. The van der Waals surface area contributed by atoms with Crippen molar-refractivity contribution in [1.82, 2.24) is 20.1 Å². The van der Waals surface area contributed by atoms with Gasteiger partial charge in [0.15, 0.2) is 11.5 Å². The van der Waals surface area contributed by atoms with E-state index < -0.39 is 5.76 Å². The van der Waals surface area contributed by atoms with Crippen molar-refractivity contribution in [3.8, 4) is 11.5 Å². The minimum Gasteiger partial charge on any atom is -0.338 e. The quantitative estimate of drug-likeness (QED) is 0.767. The molecule has 0 aliphatic rings. The van der Waals surface area contributed by atoms with E-state index in [1.165, 1.54) is 12.4 Å². The van der Waals surface area contributed by atoms with Crippen LogP contribution >= 0.6 is 11.6 Å². The van der Waals surface area contributed by atoms with E-state index in [9.17, 15) is 4.79 Å². The number of H-pyrrole nitrogens is 1. The minimum atomic E-state index is -0.650. The van der Waals surface area contributed by atoms with Crippen molar-refractivity contribution < 1.29 is 4.52 Å². The number of benzene rings is 1. The average Bonchev–Trinajstić information content (AvgIpc) is 2.88. The van der Waals surface area contributed by atoms with Gasteiger partial charge in [-0.05, 0) is 24.3 Å². The summed E-state index contributed by atoms with van der Waals surface area (Å²) in [7, 11) is 0. The van der Waals surface area contributed by atoms with Crippen LogP contribution in [0.5, 0.6) is 0 Å². The van der Waals surface area contributed by atoms with Crippen LogP contribution in [0.25, 0.3) is 11.5 Å². The Bertz CT molecular complexity index is 781. The number of aromatic nitrogens is 4. The SMILES string of the molecule is O=c1[nH]c(-c2nccnc2Nc2ccc(Cl)cc2)no1. The van der Waals surface area contributed by atoms with Crippen LogP contribution in [-0.2, 0) is 0 Å². The first-order valence-corrected chi connectivity index (χ1v) is 6.00. The van der Waals surface area contributed by atoms with E-state index in [0.29, 0.717) is 16.5 Å². The molecule has 0 atom stereocenters. The fourth-order valence-electron chi connectivity index (χ4n) is 1.60. The highest BCUT2D eigenvalue weighted by Crippen LogP contribution is 2.23. The van der Waals surface area contributed by atoms with Crippen molar-refractivity contribution in [3.63, 3.8) is 0 Å². The Morgan fingerprint density at radius 1 is 1.15 bits per heavy atom. The van der Waals surface area contributed by atoms with Crippen LogP contribution in [-0.4, -0.2) is 20.1 Å². The average molecular weight is 290 g/mol. The highest BCUT2D eigenvalue weighted by Gasteiger charge is 2.12. The Morgan fingerprint density at radius 3 is 2.60 bits per heavy atom. The fourth-order valence-corrected chi connectivity index (χ4v) is 1.73. The molecule has 0 saturated carbocycles. The maximum atomic E-state index is 11.0. The van der Waals surface area contributed by atoms with E-state index in [1.54, 1.807) is 24.3 Å². The number of aromatic amines is 1. The van der Waals surface area contributed by atoms with Crippen molar-refractivity contribution >= 4 is 23.1 Å². The van der Waals surface area contributed by atoms with Crippen LogP contribution in [0, 0.1) is 0 Å². The molecule has 0 aliphatic heterocycles. The summed E-state index contributed by atoms with van der Waals surface area (Å²) in [5.41, 5.74) is 1.16. The third-order valence-electron chi connectivity index (χ3n) is 2.47. The number of anilines is 2. The molecule has 3 rings (SSSR count). The molecule has 2 heterocycles. The molecule has 20 heavy (non-hydrogen) atoms. The lowest BCUT2D eigenvalue weighted by Gasteiger charge is -2.07. The van der Waals surface area contributed by atoms with Gasteiger partial charge in [-0.3, -0.25) is 9.51 Å². The van der Waals surface area contributed by atoms with E-state index in [1.807, 2.05) is 0 Å². The third kappa shape index (κ3) is 2.52. The van der Waals surface area contributed by atoms with Crippen LogP contribution in [0.2, 0.25) is 5.02 Å². The molecule has 0 aliphatic carbocycles. The molecule has 1 aromatic carbocycles. The van der Waals surface area contributed by atoms with Gasteiger partial charge < -0.3 is 5.32 Å². The maximum absolute atomic E-state index is 11.0. The Labute approximate surface area is 117 Å². The van der Waals surface area contributed by atoms with E-state index in [4.69, 9.17) is 11.6 Å². The summed E-state index contributed by atoms with van der Waals surface area (Å²) in [6.45, 7) is 0. The van der Waals surface area contributed by atoms with Gasteiger partial charge >= 0.3 is 5.76 Å². The standard InChI is InChI=1S/C12H8ClN5O2/c13-7-1-3-8(4-2-7)16-10-9(14-5-6-15-10)11-17-12(19)20-18-11/h1-6H,(H,15,16)(H,17,18,19). The molecular formula is C12H8ClN5O2. The minimum absolute atomic E-state index is 0.208. The number of hydrogen-bond donors (Lipinski definition) is 2.